The lowest BCUT2D eigenvalue weighted by molar-refractivity contribution is -0.141. The third kappa shape index (κ3) is 4.43. The monoisotopic (exact) mass is 250 g/mol. The molecular formula is C9H13F3N4O. The van der Waals surface area contributed by atoms with Gasteiger partial charge < -0.3 is 15.8 Å². The fourth-order valence-corrected chi connectivity index (χ4v) is 1.13. The van der Waals surface area contributed by atoms with Crippen LogP contribution in [0.1, 0.15) is 12.1 Å². The molecule has 0 saturated carbocycles. The zero-order chi connectivity index (χ0) is 12.9. The average Bonchev–Trinajstić information content (AvgIpc) is 2.22. The number of nitrogens with zero attached hydrogens (tertiary/aromatic N) is 2. The molecule has 0 aliphatic carbocycles. The van der Waals surface area contributed by atoms with Gasteiger partial charge in [-0.1, -0.05) is 0 Å². The summed E-state index contributed by atoms with van der Waals surface area (Å²) in [6, 6.07) is 0.823. The molecule has 0 bridgehead atoms. The highest BCUT2D eigenvalue weighted by molar-refractivity contribution is 5.41. The SMILES string of the molecule is COCCCNc1cc(C(F)(F)F)nc(N)n1. The predicted octanol–water partition coefficient (Wildman–Crippen LogP) is 1.53. The van der Waals surface area contributed by atoms with Gasteiger partial charge in [-0.15, -0.1) is 0 Å². The fraction of sp³-hybridized carbons (Fsp3) is 0.556. The van der Waals surface area contributed by atoms with Crippen molar-refractivity contribution in [3.63, 3.8) is 0 Å². The zero-order valence-corrected chi connectivity index (χ0v) is 9.21. The molecule has 0 unspecified atom stereocenters. The Morgan fingerprint density at radius 3 is 2.71 bits per heavy atom. The minimum Gasteiger partial charge on any atom is -0.385 e. The number of ether oxygens (including phenoxy) is 1. The van der Waals surface area contributed by atoms with Crippen molar-refractivity contribution >= 4 is 11.8 Å². The molecule has 0 amide bonds. The van der Waals surface area contributed by atoms with Gasteiger partial charge in [0.1, 0.15) is 5.82 Å². The number of nitrogen functional groups attached to an aromatic ring is 1. The van der Waals surface area contributed by atoms with Gasteiger partial charge in [0.25, 0.3) is 0 Å². The van der Waals surface area contributed by atoms with E-state index in [1.165, 1.54) is 0 Å². The summed E-state index contributed by atoms with van der Waals surface area (Å²) in [5, 5.41) is 2.72. The lowest BCUT2D eigenvalue weighted by atomic mass is 10.3. The van der Waals surface area contributed by atoms with Gasteiger partial charge in [-0.3, -0.25) is 0 Å². The first-order chi connectivity index (χ1) is 7.93. The molecule has 8 heteroatoms. The molecule has 0 aliphatic heterocycles. The van der Waals surface area contributed by atoms with Crippen molar-refractivity contribution < 1.29 is 17.9 Å². The number of alkyl halides is 3. The lowest BCUT2D eigenvalue weighted by Gasteiger charge is -2.10. The molecule has 1 heterocycles. The Balaban J connectivity index is 2.69. The molecule has 3 N–H and O–H groups in total. The summed E-state index contributed by atoms with van der Waals surface area (Å²) < 4.78 is 42.0. The van der Waals surface area contributed by atoms with Crippen molar-refractivity contribution in [3.05, 3.63) is 11.8 Å². The van der Waals surface area contributed by atoms with E-state index in [9.17, 15) is 13.2 Å². The Morgan fingerprint density at radius 1 is 1.41 bits per heavy atom. The summed E-state index contributed by atoms with van der Waals surface area (Å²) in [6.45, 7) is 0.960. The highest BCUT2D eigenvalue weighted by atomic mass is 19.4. The van der Waals surface area contributed by atoms with Crippen LogP contribution in [0.4, 0.5) is 24.9 Å². The van der Waals surface area contributed by atoms with Gasteiger partial charge in [-0.2, -0.15) is 18.2 Å². The van der Waals surface area contributed by atoms with Crippen molar-refractivity contribution in [2.24, 2.45) is 0 Å². The second-order valence-corrected chi connectivity index (χ2v) is 3.27. The van der Waals surface area contributed by atoms with Gasteiger partial charge in [0, 0.05) is 26.3 Å². The van der Waals surface area contributed by atoms with Crippen molar-refractivity contribution in [3.8, 4) is 0 Å². The van der Waals surface area contributed by atoms with Gasteiger partial charge in [-0.05, 0) is 6.42 Å². The number of hydrogen-bond acceptors (Lipinski definition) is 5. The molecule has 1 rings (SSSR count). The molecule has 5 nitrogen and oxygen atoms in total. The number of aromatic nitrogens is 2. The lowest BCUT2D eigenvalue weighted by Crippen LogP contribution is -2.13. The molecule has 0 aliphatic rings. The second-order valence-electron chi connectivity index (χ2n) is 3.27. The van der Waals surface area contributed by atoms with Crippen LogP contribution >= 0.6 is 0 Å². The number of rotatable bonds is 5. The molecule has 17 heavy (non-hydrogen) atoms. The van der Waals surface area contributed by atoms with Gasteiger partial charge in [0.2, 0.25) is 5.95 Å². The van der Waals surface area contributed by atoms with Gasteiger partial charge in [-0.25, -0.2) is 4.98 Å². The van der Waals surface area contributed by atoms with Crippen LogP contribution in [0.5, 0.6) is 0 Å². The largest absolute Gasteiger partial charge is 0.433 e. The summed E-state index contributed by atoms with van der Waals surface area (Å²) in [4.78, 5) is 6.79. The zero-order valence-electron chi connectivity index (χ0n) is 9.21. The molecular weight excluding hydrogens is 237 g/mol. The Bertz CT molecular complexity index is 370. The maximum Gasteiger partial charge on any atom is 0.433 e. The van der Waals surface area contributed by atoms with Crippen LogP contribution < -0.4 is 11.1 Å². The highest BCUT2D eigenvalue weighted by Crippen LogP contribution is 2.29. The van der Waals surface area contributed by atoms with E-state index in [0.29, 0.717) is 19.6 Å². The van der Waals surface area contributed by atoms with E-state index in [-0.39, 0.29) is 5.82 Å². The van der Waals surface area contributed by atoms with E-state index in [1.54, 1.807) is 7.11 Å². The predicted molar refractivity (Wildman–Crippen MR) is 56.4 cm³/mol. The Labute approximate surface area is 96.2 Å². The minimum atomic E-state index is -4.53. The van der Waals surface area contributed by atoms with Crippen molar-refractivity contribution in [1.82, 2.24) is 9.97 Å². The topological polar surface area (TPSA) is 73.1 Å². The van der Waals surface area contributed by atoms with Gasteiger partial charge in [0.15, 0.2) is 5.69 Å². The number of methoxy groups -OCH3 is 1. The Morgan fingerprint density at radius 2 is 2.12 bits per heavy atom. The summed E-state index contributed by atoms with van der Waals surface area (Å²) in [7, 11) is 1.55. The minimum absolute atomic E-state index is 0.0564. The van der Waals surface area contributed by atoms with E-state index < -0.39 is 17.8 Å². The van der Waals surface area contributed by atoms with Crippen LogP contribution in [0.2, 0.25) is 0 Å². The van der Waals surface area contributed by atoms with Crippen LogP contribution in [-0.2, 0) is 10.9 Å². The maximum atomic E-state index is 12.4. The standard InChI is InChI=1S/C9H13F3N4O/c1-17-4-2-3-14-7-5-6(9(10,11)12)15-8(13)16-7/h5H,2-4H2,1H3,(H3,13,14,15,16). The van der Waals surface area contributed by atoms with Crippen molar-refractivity contribution in [2.45, 2.75) is 12.6 Å². The summed E-state index contributed by atoms with van der Waals surface area (Å²) in [6.07, 6.45) is -3.87. The molecule has 1 aromatic rings. The van der Waals surface area contributed by atoms with Crippen LogP contribution in [0.25, 0.3) is 0 Å². The first-order valence-corrected chi connectivity index (χ1v) is 4.88. The molecule has 0 saturated heterocycles. The number of nitrogens with two attached hydrogens (primary N) is 1. The molecule has 0 atom stereocenters. The van der Waals surface area contributed by atoms with Crippen molar-refractivity contribution in [1.29, 1.82) is 0 Å². The van der Waals surface area contributed by atoms with Gasteiger partial charge in [0.05, 0.1) is 0 Å². The number of anilines is 2. The number of nitrogens with one attached hydrogen (secondary N) is 1. The van der Waals surface area contributed by atoms with E-state index >= 15 is 0 Å². The van der Waals surface area contributed by atoms with E-state index in [1.807, 2.05) is 0 Å². The Kier molecular flexibility index (Phi) is 4.50. The second kappa shape index (κ2) is 5.67. The smallest absolute Gasteiger partial charge is 0.385 e. The third-order valence-electron chi connectivity index (χ3n) is 1.87. The molecule has 96 valence electrons. The van der Waals surface area contributed by atoms with Crippen LogP contribution in [0.15, 0.2) is 6.07 Å². The molecule has 0 fully saturated rings. The van der Waals surface area contributed by atoms with Crippen LogP contribution in [0.3, 0.4) is 0 Å². The van der Waals surface area contributed by atoms with Crippen LogP contribution in [-0.4, -0.2) is 30.2 Å². The summed E-state index contributed by atoms with van der Waals surface area (Å²) in [5.74, 6) is -0.352. The van der Waals surface area contributed by atoms with Crippen molar-refractivity contribution in [2.75, 3.05) is 31.3 Å². The van der Waals surface area contributed by atoms with Gasteiger partial charge >= 0.3 is 6.18 Å². The normalized spacial score (nSPS) is 11.5. The van der Waals surface area contributed by atoms with E-state index in [2.05, 4.69) is 15.3 Å². The first-order valence-electron chi connectivity index (χ1n) is 4.88. The van der Waals surface area contributed by atoms with E-state index in [4.69, 9.17) is 10.5 Å². The quantitative estimate of drug-likeness (QED) is 0.775. The molecule has 0 aromatic carbocycles. The summed E-state index contributed by atoms with van der Waals surface area (Å²) >= 11 is 0. The fourth-order valence-electron chi connectivity index (χ4n) is 1.13. The average molecular weight is 250 g/mol. The number of hydrogen-bond donors (Lipinski definition) is 2. The molecule has 0 radical (unpaired) electrons. The first kappa shape index (κ1) is 13.5. The number of halogens is 3. The molecule has 0 spiro atoms. The summed E-state index contributed by atoms with van der Waals surface area (Å²) in [5.41, 5.74) is 4.14. The van der Waals surface area contributed by atoms with Crippen LogP contribution in [0, 0.1) is 0 Å². The third-order valence-corrected chi connectivity index (χ3v) is 1.87. The molecule has 1 aromatic heterocycles. The van der Waals surface area contributed by atoms with E-state index in [0.717, 1.165) is 6.07 Å². The highest BCUT2D eigenvalue weighted by Gasteiger charge is 2.33. The Hall–Kier alpha value is -1.57. The maximum absolute atomic E-state index is 12.4.